The van der Waals surface area contributed by atoms with Crippen LogP contribution in [0.2, 0.25) is 0 Å². The standard InChI is InChI=1S/C10H20O3S/c1-2-13-10(12)9-14-8-6-4-3-5-7-11/h11H,2-9H2,1H3. The number of esters is 1. The monoisotopic (exact) mass is 220 g/mol. The summed E-state index contributed by atoms with van der Waals surface area (Å²) in [5.41, 5.74) is 0. The van der Waals surface area contributed by atoms with Crippen molar-refractivity contribution in [2.45, 2.75) is 32.6 Å². The molecule has 0 bridgehead atoms. The Morgan fingerprint density at radius 2 is 2.00 bits per heavy atom. The van der Waals surface area contributed by atoms with Crippen LogP contribution in [0, 0.1) is 0 Å². The lowest BCUT2D eigenvalue weighted by molar-refractivity contribution is -0.139. The first-order valence-electron chi connectivity index (χ1n) is 5.15. The van der Waals surface area contributed by atoms with Crippen LogP contribution in [0.5, 0.6) is 0 Å². The largest absolute Gasteiger partial charge is 0.465 e. The lowest BCUT2D eigenvalue weighted by Crippen LogP contribution is -2.06. The number of unbranched alkanes of at least 4 members (excludes halogenated alkanes) is 3. The van der Waals surface area contributed by atoms with Gasteiger partial charge >= 0.3 is 5.97 Å². The normalized spacial score (nSPS) is 10.1. The quantitative estimate of drug-likeness (QED) is 0.476. The van der Waals surface area contributed by atoms with Gasteiger partial charge in [-0.2, -0.15) is 11.8 Å². The smallest absolute Gasteiger partial charge is 0.315 e. The Balaban J connectivity index is 3.01. The molecule has 0 amide bonds. The Kier molecular flexibility index (Phi) is 10.7. The Bertz CT molecular complexity index is 139. The summed E-state index contributed by atoms with van der Waals surface area (Å²) in [6, 6.07) is 0. The van der Waals surface area contributed by atoms with Crippen LogP contribution in [0.15, 0.2) is 0 Å². The van der Waals surface area contributed by atoms with Crippen molar-refractivity contribution < 1.29 is 14.6 Å². The third-order valence-electron chi connectivity index (χ3n) is 1.72. The molecule has 0 aliphatic carbocycles. The molecule has 0 saturated heterocycles. The van der Waals surface area contributed by atoms with Crippen LogP contribution in [0.4, 0.5) is 0 Å². The summed E-state index contributed by atoms with van der Waals surface area (Å²) in [7, 11) is 0. The Morgan fingerprint density at radius 3 is 2.64 bits per heavy atom. The molecule has 0 spiro atoms. The van der Waals surface area contributed by atoms with Crippen molar-refractivity contribution >= 4 is 17.7 Å². The van der Waals surface area contributed by atoms with Crippen LogP contribution in [0.1, 0.15) is 32.6 Å². The maximum Gasteiger partial charge on any atom is 0.315 e. The van der Waals surface area contributed by atoms with Crippen molar-refractivity contribution in [1.29, 1.82) is 0 Å². The van der Waals surface area contributed by atoms with Gasteiger partial charge in [-0.05, 0) is 25.5 Å². The third-order valence-corrected chi connectivity index (χ3v) is 2.74. The third kappa shape index (κ3) is 9.86. The van der Waals surface area contributed by atoms with Crippen LogP contribution in [-0.2, 0) is 9.53 Å². The summed E-state index contributed by atoms with van der Waals surface area (Å²) in [5, 5.41) is 8.53. The van der Waals surface area contributed by atoms with E-state index in [-0.39, 0.29) is 12.6 Å². The highest BCUT2D eigenvalue weighted by Crippen LogP contribution is 2.07. The molecular weight excluding hydrogens is 200 g/mol. The molecule has 0 aromatic heterocycles. The zero-order chi connectivity index (χ0) is 10.6. The number of ether oxygens (including phenoxy) is 1. The van der Waals surface area contributed by atoms with Crippen molar-refractivity contribution in [3.8, 4) is 0 Å². The molecule has 0 rings (SSSR count). The number of rotatable bonds is 9. The second kappa shape index (κ2) is 10.9. The van der Waals surface area contributed by atoms with E-state index >= 15 is 0 Å². The molecule has 0 unspecified atom stereocenters. The van der Waals surface area contributed by atoms with Crippen LogP contribution >= 0.6 is 11.8 Å². The fourth-order valence-electron chi connectivity index (χ4n) is 1.03. The zero-order valence-electron chi connectivity index (χ0n) is 8.83. The highest BCUT2D eigenvalue weighted by molar-refractivity contribution is 7.99. The molecule has 0 fully saturated rings. The Labute approximate surface area is 90.2 Å². The van der Waals surface area contributed by atoms with Gasteiger partial charge in [-0.3, -0.25) is 4.79 Å². The van der Waals surface area contributed by atoms with Crippen LogP contribution in [0.25, 0.3) is 0 Å². The van der Waals surface area contributed by atoms with Crippen molar-refractivity contribution in [2.24, 2.45) is 0 Å². The molecular formula is C10H20O3S. The summed E-state index contributed by atoms with van der Waals surface area (Å²) in [6.45, 7) is 2.57. The molecule has 0 aliphatic heterocycles. The molecule has 0 radical (unpaired) electrons. The van der Waals surface area contributed by atoms with Gasteiger partial charge < -0.3 is 9.84 Å². The van der Waals surface area contributed by atoms with E-state index in [1.54, 1.807) is 11.8 Å². The van der Waals surface area contributed by atoms with E-state index in [1.807, 2.05) is 6.92 Å². The van der Waals surface area contributed by atoms with Crippen molar-refractivity contribution in [3.05, 3.63) is 0 Å². The van der Waals surface area contributed by atoms with E-state index in [0.717, 1.165) is 31.4 Å². The number of hydrogen-bond acceptors (Lipinski definition) is 4. The minimum atomic E-state index is -0.118. The van der Waals surface area contributed by atoms with Gasteiger partial charge in [-0.25, -0.2) is 0 Å². The van der Waals surface area contributed by atoms with Gasteiger partial charge in [-0.15, -0.1) is 0 Å². The van der Waals surface area contributed by atoms with Crippen molar-refractivity contribution in [2.75, 3.05) is 24.7 Å². The maximum absolute atomic E-state index is 10.9. The van der Waals surface area contributed by atoms with Gasteiger partial charge in [0, 0.05) is 6.61 Å². The summed E-state index contributed by atoms with van der Waals surface area (Å²) in [4.78, 5) is 10.9. The van der Waals surface area contributed by atoms with E-state index in [9.17, 15) is 4.79 Å². The minimum absolute atomic E-state index is 0.118. The van der Waals surface area contributed by atoms with E-state index in [2.05, 4.69) is 0 Å². The molecule has 0 aromatic rings. The van der Waals surface area contributed by atoms with Gasteiger partial charge in [0.2, 0.25) is 0 Å². The van der Waals surface area contributed by atoms with Crippen LogP contribution < -0.4 is 0 Å². The highest BCUT2D eigenvalue weighted by atomic mass is 32.2. The zero-order valence-corrected chi connectivity index (χ0v) is 9.65. The van der Waals surface area contributed by atoms with Crippen LogP contribution in [-0.4, -0.2) is 35.8 Å². The van der Waals surface area contributed by atoms with Gasteiger partial charge in [0.1, 0.15) is 0 Å². The second-order valence-electron chi connectivity index (χ2n) is 3.00. The minimum Gasteiger partial charge on any atom is -0.465 e. The predicted molar refractivity (Wildman–Crippen MR) is 59.5 cm³/mol. The fourth-order valence-corrected chi connectivity index (χ4v) is 1.83. The van der Waals surface area contributed by atoms with E-state index < -0.39 is 0 Å². The number of carbonyl (C=O) groups is 1. The first kappa shape index (κ1) is 13.8. The highest BCUT2D eigenvalue weighted by Gasteiger charge is 2.00. The molecule has 1 N–H and O–H groups in total. The average molecular weight is 220 g/mol. The summed E-state index contributed by atoms with van der Waals surface area (Å²) < 4.78 is 4.79. The first-order chi connectivity index (χ1) is 6.81. The second-order valence-corrected chi connectivity index (χ2v) is 4.10. The van der Waals surface area contributed by atoms with Crippen molar-refractivity contribution in [3.63, 3.8) is 0 Å². The summed E-state index contributed by atoms with van der Waals surface area (Å²) >= 11 is 1.62. The molecule has 0 atom stereocenters. The number of thioether (sulfide) groups is 1. The molecule has 3 nitrogen and oxygen atoms in total. The van der Waals surface area contributed by atoms with Crippen LogP contribution in [0.3, 0.4) is 0 Å². The molecule has 0 aromatic carbocycles. The SMILES string of the molecule is CCOC(=O)CSCCCCCCO. The summed E-state index contributed by atoms with van der Waals surface area (Å²) in [5.74, 6) is 1.35. The number of aliphatic hydroxyl groups is 1. The first-order valence-corrected chi connectivity index (χ1v) is 6.31. The number of aliphatic hydroxyl groups excluding tert-OH is 1. The Hall–Kier alpha value is -0.220. The molecule has 0 heterocycles. The predicted octanol–water partition coefficient (Wildman–Crippen LogP) is 1.84. The Morgan fingerprint density at radius 1 is 1.29 bits per heavy atom. The van der Waals surface area contributed by atoms with Gasteiger partial charge in [0.05, 0.1) is 12.4 Å². The lowest BCUT2D eigenvalue weighted by Gasteiger charge is -2.01. The van der Waals surface area contributed by atoms with E-state index in [0.29, 0.717) is 12.4 Å². The van der Waals surface area contributed by atoms with E-state index in [4.69, 9.17) is 9.84 Å². The van der Waals surface area contributed by atoms with Gasteiger partial charge in [-0.1, -0.05) is 12.8 Å². The molecule has 14 heavy (non-hydrogen) atoms. The molecule has 0 aliphatic rings. The number of hydrogen-bond donors (Lipinski definition) is 1. The van der Waals surface area contributed by atoms with Crippen molar-refractivity contribution in [1.82, 2.24) is 0 Å². The van der Waals surface area contributed by atoms with Gasteiger partial charge in [0.25, 0.3) is 0 Å². The maximum atomic E-state index is 10.9. The average Bonchev–Trinajstić information content (AvgIpc) is 2.17. The molecule has 4 heteroatoms. The summed E-state index contributed by atoms with van der Waals surface area (Å²) in [6.07, 6.45) is 4.22. The topological polar surface area (TPSA) is 46.5 Å². The molecule has 0 saturated carbocycles. The molecule has 84 valence electrons. The number of carbonyl (C=O) groups excluding carboxylic acids is 1. The lowest BCUT2D eigenvalue weighted by atomic mass is 10.2. The van der Waals surface area contributed by atoms with E-state index in [1.165, 1.54) is 0 Å². The fraction of sp³-hybridized carbons (Fsp3) is 0.900. The van der Waals surface area contributed by atoms with Gasteiger partial charge in [0.15, 0.2) is 0 Å².